The van der Waals surface area contributed by atoms with Crippen LogP contribution in [0.5, 0.6) is 11.5 Å². The Hall–Kier alpha value is -3.95. The van der Waals surface area contributed by atoms with Gasteiger partial charge in [0.2, 0.25) is 5.91 Å². The number of anilines is 1. The van der Waals surface area contributed by atoms with Gasteiger partial charge in [0.25, 0.3) is 17.5 Å². The first-order valence-electron chi connectivity index (χ1n) is 8.52. The van der Waals surface area contributed by atoms with Crippen LogP contribution in [0.1, 0.15) is 27.1 Å². The van der Waals surface area contributed by atoms with Crippen molar-refractivity contribution in [2.24, 2.45) is 0 Å². The van der Waals surface area contributed by atoms with E-state index in [4.69, 9.17) is 9.47 Å². The fourth-order valence-electron chi connectivity index (χ4n) is 3.02. The molecule has 10 heteroatoms. The van der Waals surface area contributed by atoms with Gasteiger partial charge in [-0.1, -0.05) is 6.07 Å². The Balaban J connectivity index is 1.68. The maximum atomic E-state index is 12.5. The summed E-state index contributed by atoms with van der Waals surface area (Å²) in [5, 5.41) is 13.8. The van der Waals surface area contributed by atoms with Gasteiger partial charge in [-0.2, -0.15) is 0 Å². The molecule has 1 aliphatic heterocycles. The summed E-state index contributed by atoms with van der Waals surface area (Å²) in [4.78, 5) is 48.4. The average Bonchev–Trinajstić information content (AvgIpc) is 2.96. The first-order chi connectivity index (χ1) is 13.9. The number of nitrogens with one attached hydrogen (secondary N) is 1. The largest absolute Gasteiger partial charge is 0.493 e. The van der Waals surface area contributed by atoms with Gasteiger partial charge in [-0.15, -0.1) is 0 Å². The first-order valence-corrected chi connectivity index (χ1v) is 8.52. The van der Waals surface area contributed by atoms with Gasteiger partial charge in [0.05, 0.1) is 24.7 Å². The van der Waals surface area contributed by atoms with Gasteiger partial charge in [0.1, 0.15) is 5.56 Å². The van der Waals surface area contributed by atoms with Crippen LogP contribution in [0, 0.1) is 10.1 Å². The van der Waals surface area contributed by atoms with Gasteiger partial charge >= 0.3 is 0 Å². The van der Waals surface area contributed by atoms with E-state index in [9.17, 15) is 24.5 Å². The number of rotatable bonds is 7. The fraction of sp³-hybridized carbons (Fsp3) is 0.211. The van der Waals surface area contributed by atoms with Gasteiger partial charge in [-0.05, 0) is 18.2 Å². The van der Waals surface area contributed by atoms with E-state index >= 15 is 0 Å². The minimum atomic E-state index is -0.781. The van der Waals surface area contributed by atoms with E-state index in [0.29, 0.717) is 17.2 Å². The average molecular weight is 399 g/mol. The van der Waals surface area contributed by atoms with E-state index in [-0.39, 0.29) is 24.1 Å². The third kappa shape index (κ3) is 3.72. The molecule has 10 nitrogen and oxygen atoms in total. The number of nitro benzene ring substituents is 1. The number of methoxy groups -OCH3 is 2. The van der Waals surface area contributed by atoms with Crippen molar-refractivity contribution >= 4 is 29.1 Å². The molecule has 0 saturated heterocycles. The third-order valence-electron chi connectivity index (χ3n) is 4.40. The number of hydrogen-bond donors (Lipinski definition) is 1. The lowest BCUT2D eigenvalue weighted by molar-refractivity contribution is -0.385. The summed E-state index contributed by atoms with van der Waals surface area (Å²) in [5.41, 5.74) is -0.268. The van der Waals surface area contributed by atoms with E-state index in [1.54, 1.807) is 18.2 Å². The SMILES string of the molecule is COc1ccc(NC(=O)CCN2C(=O)c3cccc([N+](=O)[O-])c3C2=O)cc1OC. The van der Waals surface area contributed by atoms with Crippen LogP contribution in [0.2, 0.25) is 0 Å². The Morgan fingerprint density at radius 1 is 1.10 bits per heavy atom. The topological polar surface area (TPSA) is 128 Å². The molecule has 3 rings (SSSR count). The minimum Gasteiger partial charge on any atom is -0.493 e. The standard InChI is InChI=1S/C19H17N3O7/c1-28-14-7-6-11(10-15(14)29-2)20-16(23)8-9-21-18(24)12-4-3-5-13(22(26)27)17(12)19(21)25/h3-7,10H,8-9H2,1-2H3,(H,20,23). The maximum Gasteiger partial charge on any atom is 0.282 e. The fourth-order valence-corrected chi connectivity index (χ4v) is 3.02. The highest BCUT2D eigenvalue weighted by atomic mass is 16.6. The zero-order valence-corrected chi connectivity index (χ0v) is 15.6. The highest BCUT2D eigenvalue weighted by molar-refractivity contribution is 6.23. The smallest absolute Gasteiger partial charge is 0.282 e. The van der Waals surface area contributed by atoms with Gasteiger partial charge in [0, 0.05) is 30.8 Å². The van der Waals surface area contributed by atoms with E-state index in [1.807, 2.05) is 0 Å². The van der Waals surface area contributed by atoms with E-state index < -0.39 is 28.3 Å². The molecule has 150 valence electrons. The molecule has 0 aliphatic carbocycles. The summed E-state index contributed by atoms with van der Waals surface area (Å²) in [6.45, 7) is -0.206. The minimum absolute atomic E-state index is 0.0375. The zero-order chi connectivity index (χ0) is 21.1. The van der Waals surface area contributed by atoms with Crippen molar-refractivity contribution < 1.29 is 28.8 Å². The van der Waals surface area contributed by atoms with Gasteiger partial charge in [-0.25, -0.2) is 0 Å². The molecule has 0 aromatic heterocycles. The van der Waals surface area contributed by atoms with E-state index in [2.05, 4.69) is 5.32 Å². The predicted octanol–water partition coefficient (Wildman–Crippen LogP) is 2.24. The molecule has 2 aromatic rings. The van der Waals surface area contributed by atoms with Crippen LogP contribution in [-0.2, 0) is 4.79 Å². The monoisotopic (exact) mass is 399 g/mol. The lowest BCUT2D eigenvalue weighted by Gasteiger charge is -2.14. The Kier molecular flexibility index (Phi) is 5.44. The molecular weight excluding hydrogens is 382 g/mol. The molecule has 2 aromatic carbocycles. The summed E-state index contributed by atoms with van der Waals surface area (Å²) in [5.74, 6) is -0.955. The molecule has 3 amide bonds. The van der Waals surface area contributed by atoms with Crippen molar-refractivity contribution in [2.75, 3.05) is 26.1 Å². The number of fused-ring (bicyclic) bond motifs is 1. The van der Waals surface area contributed by atoms with Crippen molar-refractivity contribution in [1.82, 2.24) is 4.90 Å². The molecule has 29 heavy (non-hydrogen) atoms. The molecule has 0 unspecified atom stereocenters. The lowest BCUT2D eigenvalue weighted by atomic mass is 10.1. The highest BCUT2D eigenvalue weighted by Crippen LogP contribution is 2.31. The number of ether oxygens (including phenoxy) is 2. The zero-order valence-electron chi connectivity index (χ0n) is 15.6. The Morgan fingerprint density at radius 2 is 1.83 bits per heavy atom. The molecule has 0 fully saturated rings. The predicted molar refractivity (Wildman–Crippen MR) is 101 cm³/mol. The van der Waals surface area contributed by atoms with Crippen LogP contribution in [0.15, 0.2) is 36.4 Å². The molecule has 0 saturated carbocycles. The second-order valence-corrected chi connectivity index (χ2v) is 6.09. The Labute approximate surface area is 165 Å². The number of nitrogens with zero attached hydrogens (tertiary/aromatic N) is 2. The summed E-state index contributed by atoms with van der Waals surface area (Å²) >= 11 is 0. The van der Waals surface area contributed by atoms with Crippen LogP contribution >= 0.6 is 0 Å². The van der Waals surface area contributed by atoms with Crippen LogP contribution < -0.4 is 14.8 Å². The molecule has 1 heterocycles. The van der Waals surface area contributed by atoms with Crippen LogP contribution in [-0.4, -0.2) is 48.3 Å². The summed E-state index contributed by atoms with van der Waals surface area (Å²) < 4.78 is 10.3. The number of carbonyl (C=O) groups excluding carboxylic acids is 3. The van der Waals surface area contributed by atoms with Crippen LogP contribution in [0.4, 0.5) is 11.4 Å². The van der Waals surface area contributed by atoms with Gasteiger partial charge < -0.3 is 14.8 Å². The molecule has 0 bridgehead atoms. The number of hydrogen-bond acceptors (Lipinski definition) is 7. The van der Waals surface area contributed by atoms with Crippen LogP contribution in [0.25, 0.3) is 0 Å². The third-order valence-corrected chi connectivity index (χ3v) is 4.40. The summed E-state index contributed by atoms with van der Waals surface area (Å²) in [7, 11) is 2.95. The first kappa shape index (κ1) is 19.8. The normalized spacial score (nSPS) is 12.6. The Bertz CT molecular complexity index is 1020. The number of amides is 3. The summed E-state index contributed by atoms with van der Waals surface area (Å²) in [6.07, 6.45) is -0.173. The van der Waals surface area contributed by atoms with Crippen molar-refractivity contribution in [1.29, 1.82) is 0 Å². The number of carbonyl (C=O) groups is 3. The molecule has 0 radical (unpaired) electrons. The van der Waals surface area contributed by atoms with Gasteiger partial charge in [-0.3, -0.25) is 29.4 Å². The van der Waals surface area contributed by atoms with Crippen molar-refractivity contribution in [2.45, 2.75) is 6.42 Å². The van der Waals surface area contributed by atoms with E-state index in [1.165, 1.54) is 26.4 Å². The molecular formula is C19H17N3O7. The van der Waals surface area contributed by atoms with Crippen LogP contribution in [0.3, 0.4) is 0 Å². The molecule has 0 spiro atoms. The summed E-state index contributed by atoms with van der Waals surface area (Å²) in [6, 6.07) is 8.67. The quantitative estimate of drug-likeness (QED) is 0.429. The Morgan fingerprint density at radius 3 is 2.48 bits per heavy atom. The second-order valence-electron chi connectivity index (χ2n) is 6.09. The van der Waals surface area contributed by atoms with E-state index in [0.717, 1.165) is 11.0 Å². The van der Waals surface area contributed by atoms with Gasteiger partial charge in [0.15, 0.2) is 11.5 Å². The second kappa shape index (κ2) is 7.97. The van der Waals surface area contributed by atoms with Crippen molar-refractivity contribution in [3.63, 3.8) is 0 Å². The number of benzene rings is 2. The number of imide groups is 1. The molecule has 0 atom stereocenters. The van der Waals surface area contributed by atoms with Crippen molar-refractivity contribution in [3.05, 3.63) is 57.6 Å². The van der Waals surface area contributed by atoms with Crippen molar-refractivity contribution in [3.8, 4) is 11.5 Å². The molecule has 1 aliphatic rings. The lowest BCUT2D eigenvalue weighted by Crippen LogP contribution is -2.33. The molecule has 1 N–H and O–H groups in total. The highest BCUT2D eigenvalue weighted by Gasteiger charge is 2.40. The maximum absolute atomic E-state index is 12.5. The number of nitro groups is 1.